The first-order valence-electron chi connectivity index (χ1n) is 9.13. The van der Waals surface area contributed by atoms with Crippen molar-refractivity contribution in [3.8, 4) is 11.5 Å². The predicted octanol–water partition coefficient (Wildman–Crippen LogP) is 2.67. The Kier molecular flexibility index (Phi) is 5.72. The molecule has 8 nitrogen and oxygen atoms in total. The highest BCUT2D eigenvalue weighted by Gasteiger charge is 2.48. The molecule has 0 aromatic heterocycles. The van der Waals surface area contributed by atoms with E-state index in [1.807, 2.05) is 25.1 Å². The molecular weight excluding hydrogens is 376 g/mol. The fourth-order valence-corrected chi connectivity index (χ4v) is 2.75. The summed E-state index contributed by atoms with van der Waals surface area (Å²) in [5.41, 5.74) is 0.0519. The van der Waals surface area contributed by atoms with Crippen molar-refractivity contribution in [1.29, 1.82) is 0 Å². The van der Waals surface area contributed by atoms with Crippen molar-refractivity contribution < 1.29 is 28.6 Å². The monoisotopic (exact) mass is 398 g/mol. The molecule has 2 N–H and O–H groups in total. The lowest BCUT2D eigenvalue weighted by Gasteiger charge is -2.32. The first-order chi connectivity index (χ1) is 13.8. The molecule has 0 saturated heterocycles. The molecule has 0 bridgehead atoms. The third-order valence-electron chi connectivity index (χ3n) is 4.29. The molecule has 2 amide bonds. The van der Waals surface area contributed by atoms with Crippen molar-refractivity contribution in [2.24, 2.45) is 0 Å². The molecule has 1 aliphatic heterocycles. The Labute approximate surface area is 168 Å². The molecule has 0 unspecified atom stereocenters. The molecule has 2 aromatic carbocycles. The first-order valence-corrected chi connectivity index (χ1v) is 9.13. The van der Waals surface area contributed by atoms with E-state index in [2.05, 4.69) is 10.6 Å². The van der Waals surface area contributed by atoms with E-state index in [1.165, 1.54) is 13.0 Å². The highest BCUT2D eigenvalue weighted by molar-refractivity contribution is 6.14. The van der Waals surface area contributed by atoms with Gasteiger partial charge in [-0.25, -0.2) is 4.79 Å². The SMILES string of the molecule is CCOC(=O)[C@]1(C)Oc2cc(NC(=O)COc3cccc(C)c3)ccc2NC1=O. The number of fused-ring (bicyclic) bond motifs is 1. The molecule has 1 aliphatic rings. The van der Waals surface area contributed by atoms with Gasteiger partial charge in [0.2, 0.25) is 0 Å². The van der Waals surface area contributed by atoms with E-state index in [1.54, 1.807) is 25.1 Å². The van der Waals surface area contributed by atoms with Crippen molar-refractivity contribution >= 4 is 29.2 Å². The van der Waals surface area contributed by atoms with Gasteiger partial charge in [-0.3, -0.25) is 9.59 Å². The number of nitrogens with one attached hydrogen (secondary N) is 2. The fraction of sp³-hybridized carbons (Fsp3) is 0.286. The molecule has 0 fully saturated rings. The average molecular weight is 398 g/mol. The number of esters is 1. The number of hydrogen-bond donors (Lipinski definition) is 2. The molecular formula is C21H22N2O6. The summed E-state index contributed by atoms with van der Waals surface area (Å²) in [4.78, 5) is 36.6. The van der Waals surface area contributed by atoms with Crippen LogP contribution in [0.2, 0.25) is 0 Å². The van der Waals surface area contributed by atoms with Gasteiger partial charge in [0.1, 0.15) is 11.5 Å². The minimum atomic E-state index is -1.81. The summed E-state index contributed by atoms with van der Waals surface area (Å²) < 4.78 is 16.1. The van der Waals surface area contributed by atoms with Crippen molar-refractivity contribution in [3.63, 3.8) is 0 Å². The van der Waals surface area contributed by atoms with E-state index in [0.717, 1.165) is 5.56 Å². The van der Waals surface area contributed by atoms with Crippen LogP contribution in [-0.2, 0) is 19.1 Å². The Morgan fingerprint density at radius 2 is 2.00 bits per heavy atom. The van der Waals surface area contributed by atoms with Crippen LogP contribution in [0, 0.1) is 6.92 Å². The van der Waals surface area contributed by atoms with Crippen LogP contribution in [0.4, 0.5) is 11.4 Å². The predicted molar refractivity (Wildman–Crippen MR) is 106 cm³/mol. The smallest absolute Gasteiger partial charge is 0.360 e. The number of rotatable bonds is 6. The second kappa shape index (κ2) is 8.22. The molecule has 0 aliphatic carbocycles. The maximum Gasteiger partial charge on any atom is 0.360 e. The average Bonchev–Trinajstić information content (AvgIpc) is 2.68. The van der Waals surface area contributed by atoms with Crippen molar-refractivity contribution in [3.05, 3.63) is 48.0 Å². The van der Waals surface area contributed by atoms with E-state index >= 15 is 0 Å². The number of benzene rings is 2. The Balaban J connectivity index is 1.68. The van der Waals surface area contributed by atoms with E-state index in [0.29, 0.717) is 17.1 Å². The summed E-state index contributed by atoms with van der Waals surface area (Å²) >= 11 is 0. The van der Waals surface area contributed by atoms with Gasteiger partial charge in [0, 0.05) is 11.8 Å². The van der Waals surface area contributed by atoms with Crippen LogP contribution < -0.4 is 20.1 Å². The molecule has 1 atom stereocenters. The topological polar surface area (TPSA) is 103 Å². The summed E-state index contributed by atoms with van der Waals surface area (Å²) in [5.74, 6) is -0.921. The summed E-state index contributed by atoms with van der Waals surface area (Å²) in [7, 11) is 0. The molecule has 0 radical (unpaired) electrons. The molecule has 3 rings (SSSR count). The van der Waals surface area contributed by atoms with Gasteiger partial charge in [0.15, 0.2) is 6.61 Å². The third-order valence-corrected chi connectivity index (χ3v) is 4.29. The summed E-state index contributed by atoms with van der Waals surface area (Å²) in [5, 5.41) is 5.32. The quantitative estimate of drug-likeness (QED) is 0.573. The molecule has 29 heavy (non-hydrogen) atoms. The Bertz CT molecular complexity index is 958. The van der Waals surface area contributed by atoms with E-state index in [4.69, 9.17) is 14.2 Å². The minimum Gasteiger partial charge on any atom is -0.484 e. The van der Waals surface area contributed by atoms with Gasteiger partial charge in [-0.05, 0) is 50.6 Å². The van der Waals surface area contributed by atoms with Gasteiger partial charge in [0.25, 0.3) is 17.4 Å². The lowest BCUT2D eigenvalue weighted by atomic mass is 10.0. The van der Waals surface area contributed by atoms with Gasteiger partial charge in [-0.15, -0.1) is 0 Å². The normalized spacial score (nSPS) is 17.4. The first kappa shape index (κ1) is 20.2. The lowest BCUT2D eigenvalue weighted by molar-refractivity contribution is -0.165. The van der Waals surface area contributed by atoms with Crippen LogP contribution in [0.3, 0.4) is 0 Å². The Morgan fingerprint density at radius 3 is 2.72 bits per heavy atom. The van der Waals surface area contributed by atoms with E-state index in [-0.39, 0.29) is 24.9 Å². The number of aryl methyl sites for hydroxylation is 1. The highest BCUT2D eigenvalue weighted by atomic mass is 16.6. The zero-order chi connectivity index (χ0) is 21.0. The number of hydrogen-bond acceptors (Lipinski definition) is 6. The largest absolute Gasteiger partial charge is 0.484 e. The van der Waals surface area contributed by atoms with Crippen LogP contribution in [0.15, 0.2) is 42.5 Å². The number of anilines is 2. The van der Waals surface area contributed by atoms with Crippen molar-refractivity contribution in [2.75, 3.05) is 23.8 Å². The molecule has 0 saturated carbocycles. The molecule has 2 aromatic rings. The molecule has 1 heterocycles. The van der Waals surface area contributed by atoms with E-state index in [9.17, 15) is 14.4 Å². The summed E-state index contributed by atoms with van der Waals surface area (Å²) in [6.07, 6.45) is 0. The van der Waals surface area contributed by atoms with Crippen LogP contribution in [0.25, 0.3) is 0 Å². The van der Waals surface area contributed by atoms with Gasteiger partial charge in [-0.1, -0.05) is 12.1 Å². The number of carbonyl (C=O) groups excluding carboxylic acids is 3. The second-order valence-electron chi connectivity index (χ2n) is 6.67. The number of amides is 2. The molecule has 152 valence electrons. The summed E-state index contributed by atoms with van der Waals surface area (Å²) in [6.45, 7) is 4.86. The van der Waals surface area contributed by atoms with Crippen LogP contribution in [0.5, 0.6) is 11.5 Å². The zero-order valence-electron chi connectivity index (χ0n) is 16.4. The number of carbonyl (C=O) groups is 3. The Morgan fingerprint density at radius 1 is 1.21 bits per heavy atom. The highest BCUT2D eigenvalue weighted by Crippen LogP contribution is 2.36. The van der Waals surface area contributed by atoms with Crippen molar-refractivity contribution in [2.45, 2.75) is 26.4 Å². The summed E-state index contributed by atoms with van der Waals surface area (Å²) in [6, 6.07) is 12.1. The molecule has 0 spiro atoms. The van der Waals surface area contributed by atoms with Crippen molar-refractivity contribution in [1.82, 2.24) is 0 Å². The molecule has 8 heteroatoms. The third kappa shape index (κ3) is 4.48. The van der Waals surface area contributed by atoms with Crippen LogP contribution in [0.1, 0.15) is 19.4 Å². The standard InChI is InChI=1S/C21H22N2O6/c1-4-27-20(26)21(3)19(25)23-16-9-8-14(11-17(16)29-21)22-18(24)12-28-15-7-5-6-13(2)10-15/h5-11H,4,12H2,1-3H3,(H,22,24)(H,23,25)/t21-/m1/s1. The van der Waals surface area contributed by atoms with Gasteiger partial charge >= 0.3 is 5.97 Å². The maximum atomic E-state index is 12.3. The zero-order valence-corrected chi connectivity index (χ0v) is 16.4. The van der Waals surface area contributed by atoms with Gasteiger partial charge in [-0.2, -0.15) is 0 Å². The number of ether oxygens (including phenoxy) is 3. The van der Waals surface area contributed by atoms with Gasteiger partial charge < -0.3 is 24.8 Å². The Hall–Kier alpha value is -3.55. The van der Waals surface area contributed by atoms with Crippen LogP contribution in [-0.4, -0.2) is 36.6 Å². The van der Waals surface area contributed by atoms with E-state index < -0.39 is 17.5 Å². The fourth-order valence-electron chi connectivity index (χ4n) is 2.75. The maximum absolute atomic E-state index is 12.3. The van der Waals surface area contributed by atoms with Gasteiger partial charge in [0.05, 0.1) is 12.3 Å². The second-order valence-corrected chi connectivity index (χ2v) is 6.67. The van der Waals surface area contributed by atoms with Crippen LogP contribution >= 0.6 is 0 Å². The lowest BCUT2D eigenvalue weighted by Crippen LogP contribution is -2.55. The minimum absolute atomic E-state index is 0.120.